The van der Waals surface area contributed by atoms with E-state index >= 15 is 0 Å². The van der Waals surface area contributed by atoms with Crippen molar-refractivity contribution in [2.75, 3.05) is 39.3 Å². The molecule has 4 heteroatoms. The van der Waals surface area contributed by atoms with Gasteiger partial charge in [-0.1, -0.05) is 13.8 Å². The Hall–Kier alpha value is -0.610. The van der Waals surface area contributed by atoms with Crippen LogP contribution in [0.2, 0.25) is 0 Å². The summed E-state index contributed by atoms with van der Waals surface area (Å²) in [5.41, 5.74) is 0. The molecular formula is C15H29N3O. The van der Waals surface area contributed by atoms with Crippen molar-refractivity contribution in [2.45, 2.75) is 45.6 Å². The summed E-state index contributed by atoms with van der Waals surface area (Å²) in [5.74, 6) is 1.13. The van der Waals surface area contributed by atoms with Crippen molar-refractivity contribution in [1.82, 2.24) is 15.1 Å². The smallest absolute Gasteiger partial charge is 0.236 e. The summed E-state index contributed by atoms with van der Waals surface area (Å²) in [4.78, 5) is 16.8. The van der Waals surface area contributed by atoms with Gasteiger partial charge in [0.2, 0.25) is 5.91 Å². The minimum absolute atomic E-state index is 0.340. The van der Waals surface area contributed by atoms with Crippen molar-refractivity contribution >= 4 is 5.91 Å². The van der Waals surface area contributed by atoms with E-state index in [9.17, 15) is 4.79 Å². The fourth-order valence-electron chi connectivity index (χ4n) is 3.20. The van der Waals surface area contributed by atoms with E-state index in [-0.39, 0.29) is 0 Å². The molecule has 0 saturated carbocycles. The van der Waals surface area contributed by atoms with Crippen LogP contribution in [-0.2, 0) is 4.79 Å². The lowest BCUT2D eigenvalue weighted by atomic mass is 9.99. The zero-order chi connectivity index (χ0) is 13.7. The van der Waals surface area contributed by atoms with Crippen LogP contribution in [0.1, 0.15) is 39.5 Å². The van der Waals surface area contributed by atoms with E-state index in [1.165, 1.54) is 25.7 Å². The summed E-state index contributed by atoms with van der Waals surface area (Å²) in [6.07, 6.45) is 4.70. The minimum atomic E-state index is 0.340. The molecule has 0 aliphatic carbocycles. The molecular weight excluding hydrogens is 238 g/mol. The van der Waals surface area contributed by atoms with Gasteiger partial charge in [-0.3, -0.25) is 9.69 Å². The average molecular weight is 267 g/mol. The highest BCUT2D eigenvalue weighted by atomic mass is 16.2. The molecule has 0 radical (unpaired) electrons. The number of carbonyl (C=O) groups is 1. The molecule has 0 bridgehead atoms. The van der Waals surface area contributed by atoms with Gasteiger partial charge < -0.3 is 10.2 Å². The zero-order valence-corrected chi connectivity index (χ0v) is 12.5. The maximum atomic E-state index is 12.4. The number of likely N-dealkylation sites (tertiary alicyclic amines) is 1. The maximum absolute atomic E-state index is 12.4. The average Bonchev–Trinajstić information content (AvgIpc) is 2.46. The second-order valence-electron chi connectivity index (χ2n) is 6.11. The first kappa shape index (κ1) is 14.8. The summed E-state index contributed by atoms with van der Waals surface area (Å²) < 4.78 is 0. The van der Waals surface area contributed by atoms with Gasteiger partial charge >= 0.3 is 0 Å². The van der Waals surface area contributed by atoms with Crippen molar-refractivity contribution < 1.29 is 4.79 Å². The molecule has 2 aliphatic rings. The number of amides is 1. The fraction of sp³-hybridized carbons (Fsp3) is 0.933. The highest BCUT2D eigenvalue weighted by molar-refractivity contribution is 5.78. The second-order valence-corrected chi connectivity index (χ2v) is 6.11. The Balaban J connectivity index is 1.81. The van der Waals surface area contributed by atoms with Gasteiger partial charge in [-0.15, -0.1) is 0 Å². The van der Waals surface area contributed by atoms with Gasteiger partial charge in [-0.2, -0.15) is 0 Å². The van der Waals surface area contributed by atoms with Crippen LogP contribution < -0.4 is 5.32 Å². The molecule has 4 nitrogen and oxygen atoms in total. The quantitative estimate of drug-likeness (QED) is 0.834. The molecule has 1 N–H and O–H groups in total. The molecule has 110 valence electrons. The van der Waals surface area contributed by atoms with E-state index in [0.717, 1.165) is 38.6 Å². The predicted molar refractivity (Wildman–Crippen MR) is 78.1 cm³/mol. The van der Waals surface area contributed by atoms with Crippen LogP contribution >= 0.6 is 0 Å². The Kier molecular flexibility index (Phi) is 5.64. The van der Waals surface area contributed by atoms with E-state index in [0.29, 0.717) is 18.5 Å². The van der Waals surface area contributed by atoms with E-state index in [4.69, 9.17) is 0 Å². The number of hydrogen-bond acceptors (Lipinski definition) is 3. The van der Waals surface area contributed by atoms with Gasteiger partial charge in [0.15, 0.2) is 0 Å². The Morgan fingerprint density at radius 1 is 1.21 bits per heavy atom. The molecule has 0 aromatic heterocycles. The summed E-state index contributed by atoms with van der Waals surface area (Å²) >= 11 is 0. The van der Waals surface area contributed by atoms with Gasteiger partial charge in [0.05, 0.1) is 6.54 Å². The number of nitrogens with zero attached hydrogens (tertiary/aromatic N) is 2. The Labute approximate surface area is 117 Å². The van der Waals surface area contributed by atoms with Crippen molar-refractivity contribution in [3.05, 3.63) is 0 Å². The number of nitrogens with one attached hydrogen (secondary N) is 1. The van der Waals surface area contributed by atoms with Gasteiger partial charge in [-0.25, -0.2) is 0 Å². The van der Waals surface area contributed by atoms with Crippen LogP contribution in [0.15, 0.2) is 0 Å². The third kappa shape index (κ3) is 4.18. The van der Waals surface area contributed by atoms with Gasteiger partial charge in [0.25, 0.3) is 0 Å². The Bertz CT molecular complexity index is 281. The van der Waals surface area contributed by atoms with Crippen LogP contribution in [0, 0.1) is 5.92 Å². The summed E-state index contributed by atoms with van der Waals surface area (Å²) in [6, 6.07) is 0.596. The monoisotopic (exact) mass is 267 g/mol. The predicted octanol–water partition coefficient (Wildman–Crippen LogP) is 1.32. The normalized spacial score (nSPS) is 23.0. The third-order valence-corrected chi connectivity index (χ3v) is 4.71. The molecule has 2 saturated heterocycles. The molecule has 2 rings (SSSR count). The molecule has 2 heterocycles. The lowest BCUT2D eigenvalue weighted by Gasteiger charge is -2.36. The number of rotatable bonds is 4. The molecule has 0 aromatic carbocycles. The molecule has 2 fully saturated rings. The molecule has 0 atom stereocenters. The highest BCUT2D eigenvalue weighted by Crippen LogP contribution is 2.17. The van der Waals surface area contributed by atoms with Crippen molar-refractivity contribution in [1.29, 1.82) is 0 Å². The van der Waals surface area contributed by atoms with Crippen LogP contribution in [-0.4, -0.2) is 61.0 Å². The number of hydrogen-bond donors (Lipinski definition) is 1. The lowest BCUT2D eigenvalue weighted by Crippen LogP contribution is -2.49. The topological polar surface area (TPSA) is 35.6 Å². The molecule has 0 spiro atoms. The standard InChI is InChI=1S/C15H29N3O/c1-3-17(14-4-8-16-9-5-14)12-15(19)18-10-6-13(2)7-11-18/h13-14,16H,3-12H2,1-2H3. The largest absolute Gasteiger partial charge is 0.342 e. The molecule has 2 aliphatic heterocycles. The number of likely N-dealkylation sites (N-methyl/N-ethyl adjacent to an activating group) is 1. The third-order valence-electron chi connectivity index (χ3n) is 4.71. The van der Waals surface area contributed by atoms with E-state index in [1.807, 2.05) is 0 Å². The van der Waals surface area contributed by atoms with Crippen molar-refractivity contribution in [3.63, 3.8) is 0 Å². The van der Waals surface area contributed by atoms with Crippen molar-refractivity contribution in [3.8, 4) is 0 Å². The van der Waals surface area contributed by atoms with Crippen LogP contribution in [0.3, 0.4) is 0 Å². The molecule has 19 heavy (non-hydrogen) atoms. The van der Waals surface area contributed by atoms with E-state index < -0.39 is 0 Å². The van der Waals surface area contributed by atoms with Gasteiger partial charge in [0.1, 0.15) is 0 Å². The molecule has 1 amide bonds. The first-order valence-corrected chi connectivity index (χ1v) is 7.93. The van der Waals surface area contributed by atoms with Crippen LogP contribution in [0.4, 0.5) is 0 Å². The highest BCUT2D eigenvalue weighted by Gasteiger charge is 2.25. The summed E-state index contributed by atoms with van der Waals surface area (Å²) in [6.45, 7) is 10.2. The van der Waals surface area contributed by atoms with Gasteiger partial charge in [-0.05, 0) is 51.2 Å². The first-order valence-electron chi connectivity index (χ1n) is 7.93. The summed E-state index contributed by atoms with van der Waals surface area (Å²) in [7, 11) is 0. The second kappa shape index (κ2) is 7.25. The molecule has 0 aromatic rings. The van der Waals surface area contributed by atoms with Crippen LogP contribution in [0.25, 0.3) is 0 Å². The van der Waals surface area contributed by atoms with Crippen LogP contribution in [0.5, 0.6) is 0 Å². The first-order chi connectivity index (χ1) is 9.20. The maximum Gasteiger partial charge on any atom is 0.236 e. The SMILES string of the molecule is CCN(CC(=O)N1CCC(C)CC1)C1CCNCC1. The number of carbonyl (C=O) groups excluding carboxylic acids is 1. The van der Waals surface area contributed by atoms with E-state index in [1.54, 1.807) is 0 Å². The zero-order valence-electron chi connectivity index (χ0n) is 12.5. The Morgan fingerprint density at radius 3 is 2.42 bits per heavy atom. The fourth-order valence-corrected chi connectivity index (χ4v) is 3.20. The number of piperidine rings is 2. The minimum Gasteiger partial charge on any atom is -0.342 e. The lowest BCUT2D eigenvalue weighted by molar-refractivity contribution is -0.134. The van der Waals surface area contributed by atoms with Gasteiger partial charge in [0, 0.05) is 19.1 Å². The Morgan fingerprint density at radius 2 is 1.84 bits per heavy atom. The van der Waals surface area contributed by atoms with Crippen molar-refractivity contribution in [2.24, 2.45) is 5.92 Å². The summed E-state index contributed by atoms with van der Waals surface area (Å²) in [5, 5.41) is 3.39. The molecule has 0 unspecified atom stereocenters. The van der Waals surface area contributed by atoms with E-state index in [2.05, 4.69) is 29.0 Å².